The molecule has 1 heteroatoms. The van der Waals surface area contributed by atoms with Gasteiger partial charge in [0, 0.05) is 6.54 Å². The van der Waals surface area contributed by atoms with Gasteiger partial charge in [0.1, 0.15) is 0 Å². The summed E-state index contributed by atoms with van der Waals surface area (Å²) in [5.41, 5.74) is 5.75. The number of benzene rings is 1. The minimum Gasteiger partial charge on any atom is -0.319 e. The fraction of sp³-hybridized carbons (Fsp3) is 0.571. The van der Waals surface area contributed by atoms with Crippen LogP contribution in [0.1, 0.15) is 41.5 Å². The van der Waals surface area contributed by atoms with Crippen LogP contribution in [0.3, 0.4) is 0 Å². The lowest BCUT2D eigenvalue weighted by molar-refractivity contribution is 0.608. The van der Waals surface area contributed by atoms with E-state index >= 15 is 0 Å². The molecule has 0 saturated heterocycles. The Labute approximate surface area is 93.9 Å². The molecule has 0 aliphatic rings. The van der Waals surface area contributed by atoms with E-state index in [4.69, 9.17) is 0 Å². The van der Waals surface area contributed by atoms with E-state index in [2.05, 4.69) is 45.1 Å². The molecular weight excluding hydrogens is 182 g/mol. The van der Waals surface area contributed by atoms with Crippen molar-refractivity contribution in [2.45, 2.75) is 40.0 Å². The van der Waals surface area contributed by atoms with Crippen LogP contribution in [0.2, 0.25) is 0 Å². The monoisotopic (exact) mass is 205 g/mol. The Bertz CT molecular complexity index is 328. The molecule has 0 spiro atoms. The van der Waals surface area contributed by atoms with Crippen molar-refractivity contribution in [2.24, 2.45) is 0 Å². The highest BCUT2D eigenvalue weighted by atomic mass is 14.8. The van der Waals surface area contributed by atoms with Crippen molar-refractivity contribution in [1.29, 1.82) is 0 Å². The number of aryl methyl sites for hydroxylation is 3. The summed E-state index contributed by atoms with van der Waals surface area (Å²) in [6.45, 7) is 9.94. The molecule has 0 aromatic heterocycles. The number of nitrogens with one attached hydrogen (secondary N) is 1. The van der Waals surface area contributed by atoms with Gasteiger partial charge in [-0.1, -0.05) is 19.1 Å². The van der Waals surface area contributed by atoms with Crippen molar-refractivity contribution in [2.75, 3.05) is 13.6 Å². The van der Waals surface area contributed by atoms with Crippen LogP contribution >= 0.6 is 0 Å². The van der Waals surface area contributed by atoms with E-state index in [1.165, 1.54) is 28.7 Å². The highest BCUT2D eigenvalue weighted by molar-refractivity contribution is 5.38. The smallest absolute Gasteiger partial charge is 0.00171 e. The van der Waals surface area contributed by atoms with Gasteiger partial charge in [-0.2, -0.15) is 0 Å². The highest BCUT2D eigenvalue weighted by Gasteiger charge is 2.11. The molecule has 0 amide bonds. The van der Waals surface area contributed by atoms with Crippen molar-refractivity contribution in [3.8, 4) is 0 Å². The van der Waals surface area contributed by atoms with Gasteiger partial charge < -0.3 is 5.32 Å². The standard InChI is InChI=1S/C14H23N/c1-6-13(9-15-5)14-8-11(3)10(2)7-12(14)4/h7-8,13,15H,6,9H2,1-5H3. The van der Waals surface area contributed by atoms with Crippen LogP contribution in [0.4, 0.5) is 0 Å². The molecule has 0 heterocycles. The normalized spacial score (nSPS) is 12.9. The molecule has 1 unspecified atom stereocenters. The third-order valence-electron chi connectivity index (χ3n) is 3.27. The summed E-state index contributed by atoms with van der Waals surface area (Å²) in [6, 6.07) is 4.67. The van der Waals surface area contributed by atoms with E-state index in [1.807, 2.05) is 7.05 Å². The van der Waals surface area contributed by atoms with Gasteiger partial charge in [0.15, 0.2) is 0 Å². The molecule has 1 nitrogen and oxygen atoms in total. The molecule has 0 radical (unpaired) electrons. The fourth-order valence-corrected chi connectivity index (χ4v) is 2.14. The van der Waals surface area contributed by atoms with Gasteiger partial charge in [-0.25, -0.2) is 0 Å². The van der Waals surface area contributed by atoms with Gasteiger partial charge in [-0.3, -0.25) is 0 Å². The largest absolute Gasteiger partial charge is 0.319 e. The Morgan fingerprint density at radius 1 is 1.07 bits per heavy atom. The van der Waals surface area contributed by atoms with Gasteiger partial charge in [-0.05, 0) is 62.4 Å². The lowest BCUT2D eigenvalue weighted by atomic mass is 9.89. The predicted molar refractivity (Wildman–Crippen MR) is 67.6 cm³/mol. The molecule has 1 aromatic carbocycles. The lowest BCUT2D eigenvalue weighted by Gasteiger charge is -2.19. The molecule has 84 valence electrons. The zero-order valence-corrected chi connectivity index (χ0v) is 10.6. The number of rotatable bonds is 4. The van der Waals surface area contributed by atoms with Gasteiger partial charge in [-0.15, -0.1) is 0 Å². The van der Waals surface area contributed by atoms with E-state index in [0.717, 1.165) is 6.54 Å². The molecule has 0 aliphatic carbocycles. The van der Waals surface area contributed by atoms with E-state index in [9.17, 15) is 0 Å². The fourth-order valence-electron chi connectivity index (χ4n) is 2.14. The molecule has 0 bridgehead atoms. The summed E-state index contributed by atoms with van der Waals surface area (Å²) in [6.07, 6.45) is 1.20. The molecule has 1 rings (SSSR count). The van der Waals surface area contributed by atoms with E-state index in [0.29, 0.717) is 5.92 Å². The Hall–Kier alpha value is -0.820. The van der Waals surface area contributed by atoms with Crippen molar-refractivity contribution in [1.82, 2.24) is 5.32 Å². The Balaban J connectivity index is 3.06. The maximum Gasteiger partial charge on any atom is 0.00171 e. The second-order valence-electron chi connectivity index (χ2n) is 4.46. The zero-order valence-electron chi connectivity index (χ0n) is 10.6. The summed E-state index contributed by atoms with van der Waals surface area (Å²) >= 11 is 0. The van der Waals surface area contributed by atoms with Gasteiger partial charge in [0.05, 0.1) is 0 Å². The molecule has 0 aliphatic heterocycles. The molecule has 15 heavy (non-hydrogen) atoms. The average molecular weight is 205 g/mol. The van der Waals surface area contributed by atoms with Crippen LogP contribution in [-0.4, -0.2) is 13.6 Å². The van der Waals surface area contributed by atoms with Crippen LogP contribution in [0.5, 0.6) is 0 Å². The highest BCUT2D eigenvalue weighted by Crippen LogP contribution is 2.25. The van der Waals surface area contributed by atoms with Crippen molar-refractivity contribution < 1.29 is 0 Å². The Morgan fingerprint density at radius 2 is 1.67 bits per heavy atom. The van der Waals surface area contributed by atoms with E-state index in [1.54, 1.807) is 0 Å². The second-order valence-corrected chi connectivity index (χ2v) is 4.46. The quantitative estimate of drug-likeness (QED) is 0.795. The van der Waals surface area contributed by atoms with Crippen LogP contribution in [-0.2, 0) is 0 Å². The Morgan fingerprint density at radius 3 is 2.20 bits per heavy atom. The molecule has 1 atom stereocenters. The van der Waals surface area contributed by atoms with Crippen LogP contribution in [0.15, 0.2) is 12.1 Å². The summed E-state index contributed by atoms with van der Waals surface area (Å²) < 4.78 is 0. The topological polar surface area (TPSA) is 12.0 Å². The van der Waals surface area contributed by atoms with Crippen LogP contribution in [0.25, 0.3) is 0 Å². The molecule has 0 fully saturated rings. The third-order valence-corrected chi connectivity index (χ3v) is 3.27. The zero-order chi connectivity index (χ0) is 11.4. The van der Waals surface area contributed by atoms with Crippen molar-refractivity contribution in [3.63, 3.8) is 0 Å². The van der Waals surface area contributed by atoms with Crippen LogP contribution < -0.4 is 5.32 Å². The van der Waals surface area contributed by atoms with Gasteiger partial charge >= 0.3 is 0 Å². The summed E-state index contributed by atoms with van der Waals surface area (Å²) in [5, 5.41) is 3.28. The average Bonchev–Trinajstić information content (AvgIpc) is 2.20. The molecular formula is C14H23N. The van der Waals surface area contributed by atoms with Crippen molar-refractivity contribution >= 4 is 0 Å². The third kappa shape index (κ3) is 2.82. The SMILES string of the molecule is CCC(CNC)c1cc(C)c(C)cc1C. The van der Waals surface area contributed by atoms with Crippen molar-refractivity contribution in [3.05, 3.63) is 34.4 Å². The number of hydrogen-bond donors (Lipinski definition) is 1. The first kappa shape index (κ1) is 12.3. The van der Waals surface area contributed by atoms with E-state index < -0.39 is 0 Å². The number of hydrogen-bond acceptors (Lipinski definition) is 1. The summed E-state index contributed by atoms with van der Waals surface area (Å²) in [5.74, 6) is 0.648. The van der Waals surface area contributed by atoms with Crippen LogP contribution in [0, 0.1) is 20.8 Å². The van der Waals surface area contributed by atoms with Gasteiger partial charge in [0.25, 0.3) is 0 Å². The summed E-state index contributed by atoms with van der Waals surface area (Å²) in [4.78, 5) is 0. The first-order valence-electron chi connectivity index (χ1n) is 5.82. The predicted octanol–water partition coefficient (Wildman–Crippen LogP) is 3.32. The van der Waals surface area contributed by atoms with Gasteiger partial charge in [0.2, 0.25) is 0 Å². The molecule has 0 saturated carbocycles. The molecule has 1 aromatic rings. The number of likely N-dealkylation sites (N-methyl/N-ethyl adjacent to an activating group) is 1. The first-order valence-corrected chi connectivity index (χ1v) is 5.82. The molecule has 1 N–H and O–H groups in total. The maximum absolute atomic E-state index is 3.28. The Kier molecular flexibility index (Phi) is 4.34. The van der Waals surface area contributed by atoms with E-state index in [-0.39, 0.29) is 0 Å². The first-order chi connectivity index (χ1) is 7.10. The minimum absolute atomic E-state index is 0.648. The minimum atomic E-state index is 0.648. The second kappa shape index (κ2) is 5.32. The maximum atomic E-state index is 3.28. The summed E-state index contributed by atoms with van der Waals surface area (Å²) in [7, 11) is 2.03. The lowest BCUT2D eigenvalue weighted by Crippen LogP contribution is -2.17.